The number of ether oxygens (including phenoxy) is 2. The molecule has 3 aromatic rings. The van der Waals surface area contributed by atoms with Crippen LogP contribution in [-0.2, 0) is 23.0 Å². The Morgan fingerprint density at radius 3 is 2.68 bits per heavy atom. The van der Waals surface area contributed by atoms with Gasteiger partial charge < -0.3 is 9.47 Å². The van der Waals surface area contributed by atoms with Crippen molar-refractivity contribution in [2.75, 3.05) is 13.7 Å². The Hall–Kier alpha value is -2.83. The summed E-state index contributed by atoms with van der Waals surface area (Å²) in [5.74, 6) is 1.25. The zero-order chi connectivity index (χ0) is 19.6. The molecule has 0 saturated carbocycles. The van der Waals surface area contributed by atoms with Crippen molar-refractivity contribution >= 4 is 10.0 Å². The minimum atomic E-state index is -3.70. The number of hydrogen-bond donors (Lipinski definition) is 1. The molecule has 1 aliphatic rings. The summed E-state index contributed by atoms with van der Waals surface area (Å²) < 4.78 is 39.0. The van der Waals surface area contributed by atoms with Crippen molar-refractivity contribution < 1.29 is 17.9 Å². The van der Waals surface area contributed by atoms with Gasteiger partial charge in [-0.3, -0.25) is 0 Å². The molecule has 144 valence electrons. The van der Waals surface area contributed by atoms with Gasteiger partial charge in [0.25, 0.3) is 0 Å². The van der Waals surface area contributed by atoms with Gasteiger partial charge in [-0.25, -0.2) is 13.1 Å². The molecule has 28 heavy (non-hydrogen) atoms. The van der Waals surface area contributed by atoms with Crippen LogP contribution < -0.4 is 14.2 Å². The first-order chi connectivity index (χ1) is 13.6. The molecule has 1 aliphatic heterocycles. The van der Waals surface area contributed by atoms with Crippen molar-refractivity contribution in [3.8, 4) is 22.6 Å². The average Bonchev–Trinajstić information content (AvgIpc) is 3.20. The molecule has 0 radical (unpaired) electrons. The first-order valence-corrected chi connectivity index (χ1v) is 10.5. The Bertz CT molecular complexity index is 1110. The monoisotopic (exact) mass is 395 g/mol. The van der Waals surface area contributed by atoms with Crippen molar-refractivity contribution in [2.45, 2.75) is 17.9 Å². The SMILES string of the molecule is COc1ccccc1S(=O)(=O)NCc1ccccc1-c1ccc2c(c1)CCO2. The number of sulfonamides is 1. The van der Waals surface area contributed by atoms with Crippen LogP contribution in [0.15, 0.2) is 71.6 Å². The molecule has 0 fully saturated rings. The Labute approximate surface area is 165 Å². The molecule has 1 heterocycles. The van der Waals surface area contributed by atoms with Crippen LogP contribution in [0.2, 0.25) is 0 Å². The summed E-state index contributed by atoms with van der Waals surface area (Å²) in [6.07, 6.45) is 0.895. The van der Waals surface area contributed by atoms with Gasteiger partial charge in [0, 0.05) is 13.0 Å². The third-order valence-electron chi connectivity index (χ3n) is 4.83. The number of nitrogens with one attached hydrogen (secondary N) is 1. The van der Waals surface area contributed by atoms with E-state index in [0.29, 0.717) is 12.4 Å². The summed E-state index contributed by atoms with van der Waals surface area (Å²) in [5, 5.41) is 0. The number of fused-ring (bicyclic) bond motifs is 1. The van der Waals surface area contributed by atoms with E-state index in [-0.39, 0.29) is 11.4 Å². The lowest BCUT2D eigenvalue weighted by molar-refractivity contribution is 0.357. The summed E-state index contributed by atoms with van der Waals surface area (Å²) in [4.78, 5) is 0.129. The first kappa shape index (κ1) is 18.5. The van der Waals surface area contributed by atoms with Crippen LogP contribution >= 0.6 is 0 Å². The van der Waals surface area contributed by atoms with Crippen LogP contribution in [0.25, 0.3) is 11.1 Å². The number of para-hydroxylation sites is 1. The molecule has 5 nitrogen and oxygen atoms in total. The van der Waals surface area contributed by atoms with E-state index in [4.69, 9.17) is 9.47 Å². The van der Waals surface area contributed by atoms with Crippen molar-refractivity contribution in [2.24, 2.45) is 0 Å². The summed E-state index contributed by atoms with van der Waals surface area (Å²) in [6.45, 7) is 0.892. The molecular weight excluding hydrogens is 374 g/mol. The summed E-state index contributed by atoms with van der Waals surface area (Å²) in [6, 6.07) is 20.5. The second kappa shape index (κ2) is 7.66. The third-order valence-corrected chi connectivity index (χ3v) is 6.27. The van der Waals surface area contributed by atoms with E-state index in [1.807, 2.05) is 36.4 Å². The van der Waals surface area contributed by atoms with Crippen LogP contribution in [-0.4, -0.2) is 22.1 Å². The molecule has 3 aromatic carbocycles. The van der Waals surface area contributed by atoms with Gasteiger partial charge in [0.2, 0.25) is 10.0 Å². The number of hydrogen-bond acceptors (Lipinski definition) is 4. The van der Waals surface area contributed by atoms with Gasteiger partial charge in [-0.2, -0.15) is 0 Å². The minimum Gasteiger partial charge on any atom is -0.495 e. The van der Waals surface area contributed by atoms with E-state index in [2.05, 4.69) is 10.8 Å². The van der Waals surface area contributed by atoms with E-state index >= 15 is 0 Å². The van der Waals surface area contributed by atoms with Crippen LogP contribution in [0, 0.1) is 0 Å². The molecule has 0 aliphatic carbocycles. The zero-order valence-electron chi connectivity index (χ0n) is 15.5. The van der Waals surface area contributed by atoms with Crippen molar-refractivity contribution in [1.82, 2.24) is 4.72 Å². The van der Waals surface area contributed by atoms with Gasteiger partial charge in [0.15, 0.2) is 0 Å². The molecule has 0 bridgehead atoms. The maximum absolute atomic E-state index is 12.8. The van der Waals surface area contributed by atoms with E-state index in [9.17, 15) is 8.42 Å². The fourth-order valence-electron chi connectivity index (χ4n) is 3.40. The van der Waals surface area contributed by atoms with Crippen molar-refractivity contribution in [3.63, 3.8) is 0 Å². The van der Waals surface area contributed by atoms with Gasteiger partial charge in [-0.05, 0) is 46.5 Å². The lowest BCUT2D eigenvalue weighted by Crippen LogP contribution is -2.24. The number of rotatable bonds is 6. The van der Waals surface area contributed by atoms with E-state index < -0.39 is 10.0 Å². The Morgan fingerprint density at radius 2 is 1.82 bits per heavy atom. The molecule has 6 heteroatoms. The van der Waals surface area contributed by atoms with Crippen LogP contribution in [0.3, 0.4) is 0 Å². The molecule has 0 atom stereocenters. The Kier molecular flexibility index (Phi) is 5.07. The first-order valence-electron chi connectivity index (χ1n) is 9.05. The number of benzene rings is 3. The molecule has 0 saturated heterocycles. The standard InChI is InChI=1S/C22H21NO4S/c1-26-21-8-4-5-9-22(21)28(24,25)23-15-18-6-2-3-7-19(18)16-10-11-20-17(14-16)12-13-27-20/h2-11,14,23H,12-13,15H2,1H3. The maximum atomic E-state index is 12.8. The summed E-state index contributed by atoms with van der Waals surface area (Å²) in [5.41, 5.74) is 4.14. The fourth-order valence-corrected chi connectivity index (χ4v) is 4.58. The molecule has 0 unspecified atom stereocenters. The number of methoxy groups -OCH3 is 1. The lowest BCUT2D eigenvalue weighted by atomic mass is 9.97. The van der Waals surface area contributed by atoms with Crippen molar-refractivity contribution in [1.29, 1.82) is 0 Å². The highest BCUT2D eigenvalue weighted by Crippen LogP contribution is 2.32. The molecule has 0 spiro atoms. The van der Waals surface area contributed by atoms with Gasteiger partial charge in [0.05, 0.1) is 13.7 Å². The predicted octanol–water partition coefficient (Wildman–Crippen LogP) is 3.78. The predicted molar refractivity (Wildman–Crippen MR) is 108 cm³/mol. The lowest BCUT2D eigenvalue weighted by Gasteiger charge is -2.13. The smallest absolute Gasteiger partial charge is 0.244 e. The highest BCUT2D eigenvalue weighted by atomic mass is 32.2. The molecular formula is C22H21NO4S. The van der Waals surface area contributed by atoms with Crippen LogP contribution in [0.1, 0.15) is 11.1 Å². The second-order valence-corrected chi connectivity index (χ2v) is 8.29. The molecule has 0 amide bonds. The van der Waals surface area contributed by atoms with Gasteiger partial charge in [0.1, 0.15) is 16.4 Å². The average molecular weight is 395 g/mol. The minimum absolute atomic E-state index is 0.129. The highest BCUT2D eigenvalue weighted by molar-refractivity contribution is 7.89. The van der Waals surface area contributed by atoms with Crippen LogP contribution in [0.5, 0.6) is 11.5 Å². The highest BCUT2D eigenvalue weighted by Gasteiger charge is 2.20. The van der Waals surface area contributed by atoms with E-state index in [1.54, 1.807) is 18.2 Å². The maximum Gasteiger partial charge on any atom is 0.244 e. The van der Waals surface area contributed by atoms with Gasteiger partial charge in [-0.1, -0.05) is 42.5 Å². The second-order valence-electron chi connectivity index (χ2n) is 6.55. The normalized spacial score (nSPS) is 13.0. The van der Waals surface area contributed by atoms with Crippen molar-refractivity contribution in [3.05, 3.63) is 77.9 Å². The van der Waals surface area contributed by atoms with Gasteiger partial charge in [-0.15, -0.1) is 0 Å². The largest absolute Gasteiger partial charge is 0.495 e. The topological polar surface area (TPSA) is 64.6 Å². The fraction of sp³-hybridized carbons (Fsp3) is 0.182. The van der Waals surface area contributed by atoms with Crippen LogP contribution in [0.4, 0.5) is 0 Å². The summed E-state index contributed by atoms with van der Waals surface area (Å²) >= 11 is 0. The molecule has 4 rings (SSSR count). The Morgan fingerprint density at radius 1 is 1.04 bits per heavy atom. The quantitative estimate of drug-likeness (QED) is 0.690. The zero-order valence-corrected chi connectivity index (χ0v) is 16.3. The molecule has 1 N–H and O–H groups in total. The van der Waals surface area contributed by atoms with E-state index in [1.165, 1.54) is 18.7 Å². The van der Waals surface area contributed by atoms with Gasteiger partial charge >= 0.3 is 0 Å². The van der Waals surface area contributed by atoms with E-state index in [0.717, 1.165) is 28.9 Å². The third kappa shape index (κ3) is 3.61. The molecule has 0 aromatic heterocycles. The summed E-state index contributed by atoms with van der Waals surface area (Å²) in [7, 11) is -2.25. The Balaban J connectivity index is 1.61.